The van der Waals surface area contributed by atoms with Crippen molar-refractivity contribution < 1.29 is 14.6 Å². The Kier molecular flexibility index (Phi) is 3.05. The first-order valence-corrected chi connectivity index (χ1v) is 6.91. The van der Waals surface area contributed by atoms with Gasteiger partial charge in [-0.05, 0) is 23.1 Å². The Balaban J connectivity index is 2.30. The van der Waals surface area contributed by atoms with Crippen molar-refractivity contribution in [2.45, 2.75) is 32.8 Å². The molecule has 0 amide bonds. The highest BCUT2D eigenvalue weighted by molar-refractivity contribution is 5.86. The molecular weight excluding hydrogens is 284 g/mol. The zero-order valence-electron chi connectivity index (χ0n) is 12.6. The van der Waals surface area contributed by atoms with E-state index in [9.17, 15) is 9.59 Å². The van der Waals surface area contributed by atoms with E-state index in [1.54, 1.807) is 6.07 Å². The normalized spacial score (nSPS) is 13.0. The quantitative estimate of drug-likeness (QED) is 0.872. The topological polar surface area (TPSA) is 81.4 Å². The van der Waals surface area contributed by atoms with E-state index in [0.717, 1.165) is 11.8 Å². The molecule has 3 rings (SSSR count). The van der Waals surface area contributed by atoms with E-state index in [-0.39, 0.29) is 17.6 Å². The number of carboxylic acid groups (broad SMARTS) is 1. The molecule has 1 aliphatic heterocycles. The fourth-order valence-corrected chi connectivity index (χ4v) is 2.41. The number of nitrogens with zero attached hydrogens (tertiary/aromatic N) is 2. The summed E-state index contributed by atoms with van der Waals surface area (Å²) in [6, 6.07) is 5.61. The molecule has 114 valence electrons. The Morgan fingerprint density at radius 2 is 2.09 bits per heavy atom. The number of carboxylic acids is 1. The molecule has 0 fully saturated rings. The van der Waals surface area contributed by atoms with Crippen LogP contribution >= 0.6 is 0 Å². The third-order valence-electron chi connectivity index (χ3n) is 3.69. The van der Waals surface area contributed by atoms with E-state index in [0.29, 0.717) is 17.3 Å². The van der Waals surface area contributed by atoms with Crippen molar-refractivity contribution in [3.05, 3.63) is 51.7 Å². The first-order chi connectivity index (χ1) is 10.3. The number of carbonyl (C=O) groups is 1. The maximum absolute atomic E-state index is 12.5. The van der Waals surface area contributed by atoms with Crippen molar-refractivity contribution in [2.24, 2.45) is 0 Å². The molecule has 0 saturated carbocycles. The second-order valence-corrected chi connectivity index (χ2v) is 6.25. The van der Waals surface area contributed by atoms with Gasteiger partial charge in [-0.1, -0.05) is 26.8 Å². The van der Waals surface area contributed by atoms with Crippen LogP contribution in [0.5, 0.6) is 5.75 Å². The van der Waals surface area contributed by atoms with E-state index >= 15 is 0 Å². The summed E-state index contributed by atoms with van der Waals surface area (Å²) in [7, 11) is 0. The molecule has 0 bridgehead atoms. The SMILES string of the molecule is CC(C)(C)c1ccc2c(c1)-n1c(ncc(C(=O)O)c1=O)CO2. The molecule has 1 aromatic carbocycles. The standard InChI is InChI=1S/C16H16N2O4/c1-16(2,3)9-4-5-12-11(6-9)18-13(8-22-12)17-7-10(14(18)19)15(20)21/h4-7H,8H2,1-3H3,(H,20,21). The average molecular weight is 300 g/mol. The molecule has 1 aromatic heterocycles. The van der Waals surface area contributed by atoms with Crippen LogP contribution in [0.3, 0.4) is 0 Å². The molecule has 2 aromatic rings. The van der Waals surface area contributed by atoms with E-state index in [1.807, 2.05) is 12.1 Å². The van der Waals surface area contributed by atoms with Gasteiger partial charge in [-0.3, -0.25) is 9.36 Å². The first kappa shape index (κ1) is 14.3. The Morgan fingerprint density at radius 1 is 1.36 bits per heavy atom. The Hall–Kier alpha value is -2.63. The summed E-state index contributed by atoms with van der Waals surface area (Å²) >= 11 is 0. The summed E-state index contributed by atoms with van der Waals surface area (Å²) in [6.45, 7) is 6.33. The van der Waals surface area contributed by atoms with E-state index in [2.05, 4.69) is 25.8 Å². The molecule has 1 aliphatic rings. The molecule has 0 aliphatic carbocycles. The van der Waals surface area contributed by atoms with Crippen LogP contribution < -0.4 is 10.3 Å². The van der Waals surface area contributed by atoms with Crippen LogP contribution in [-0.2, 0) is 12.0 Å². The zero-order valence-corrected chi connectivity index (χ0v) is 12.6. The minimum atomic E-state index is -1.28. The lowest BCUT2D eigenvalue weighted by molar-refractivity contribution is 0.0693. The van der Waals surface area contributed by atoms with Crippen molar-refractivity contribution in [3.8, 4) is 11.4 Å². The number of ether oxygens (including phenoxy) is 1. The number of benzene rings is 1. The van der Waals surface area contributed by atoms with E-state index in [1.165, 1.54) is 4.57 Å². The molecule has 0 saturated heterocycles. The lowest BCUT2D eigenvalue weighted by atomic mass is 9.86. The summed E-state index contributed by atoms with van der Waals surface area (Å²) in [6.07, 6.45) is 1.08. The highest BCUT2D eigenvalue weighted by atomic mass is 16.5. The lowest BCUT2D eigenvalue weighted by Crippen LogP contribution is -2.32. The predicted molar refractivity (Wildman–Crippen MR) is 79.8 cm³/mol. The van der Waals surface area contributed by atoms with Crippen molar-refractivity contribution in [1.82, 2.24) is 9.55 Å². The highest BCUT2D eigenvalue weighted by Gasteiger charge is 2.25. The largest absolute Gasteiger partial charge is 0.483 e. The number of aromatic nitrogens is 2. The third-order valence-corrected chi connectivity index (χ3v) is 3.69. The van der Waals surface area contributed by atoms with Gasteiger partial charge in [0.15, 0.2) is 5.82 Å². The summed E-state index contributed by atoms with van der Waals surface area (Å²) in [4.78, 5) is 27.7. The molecule has 6 heteroatoms. The van der Waals surface area contributed by atoms with Gasteiger partial charge in [-0.25, -0.2) is 9.78 Å². The summed E-state index contributed by atoms with van der Waals surface area (Å²) < 4.78 is 6.93. The molecule has 0 unspecified atom stereocenters. The van der Waals surface area contributed by atoms with Crippen LogP contribution in [0, 0.1) is 0 Å². The van der Waals surface area contributed by atoms with Crippen LogP contribution in [0.15, 0.2) is 29.2 Å². The summed E-state index contributed by atoms with van der Waals surface area (Å²) in [5, 5.41) is 9.11. The van der Waals surface area contributed by atoms with Gasteiger partial charge in [0.25, 0.3) is 5.56 Å². The summed E-state index contributed by atoms with van der Waals surface area (Å²) in [5.41, 5.74) is 0.518. The number of fused-ring (bicyclic) bond motifs is 3. The second-order valence-electron chi connectivity index (χ2n) is 6.25. The predicted octanol–water partition coefficient (Wildman–Crippen LogP) is 2.12. The first-order valence-electron chi connectivity index (χ1n) is 6.91. The molecule has 2 heterocycles. The van der Waals surface area contributed by atoms with Gasteiger partial charge in [0.05, 0.1) is 5.69 Å². The minimum absolute atomic E-state index is 0.103. The average Bonchev–Trinajstić information content (AvgIpc) is 2.45. The number of aromatic carboxylic acids is 1. The molecule has 0 radical (unpaired) electrons. The molecule has 0 atom stereocenters. The van der Waals surface area contributed by atoms with E-state index < -0.39 is 11.5 Å². The van der Waals surface area contributed by atoms with Crippen LogP contribution in [-0.4, -0.2) is 20.6 Å². The molecular formula is C16H16N2O4. The highest BCUT2D eigenvalue weighted by Crippen LogP contribution is 2.32. The number of hydrogen-bond acceptors (Lipinski definition) is 4. The van der Waals surface area contributed by atoms with Gasteiger partial charge in [0.1, 0.15) is 17.9 Å². The van der Waals surface area contributed by atoms with Crippen LogP contribution in [0.2, 0.25) is 0 Å². The fourth-order valence-electron chi connectivity index (χ4n) is 2.41. The van der Waals surface area contributed by atoms with Crippen molar-refractivity contribution in [3.63, 3.8) is 0 Å². The summed E-state index contributed by atoms with van der Waals surface area (Å²) in [5.74, 6) is -0.340. The van der Waals surface area contributed by atoms with Gasteiger partial charge >= 0.3 is 5.97 Å². The lowest BCUT2D eigenvalue weighted by Gasteiger charge is -2.25. The van der Waals surface area contributed by atoms with Gasteiger partial charge < -0.3 is 9.84 Å². The van der Waals surface area contributed by atoms with Gasteiger partial charge in [0, 0.05) is 6.20 Å². The van der Waals surface area contributed by atoms with Crippen molar-refractivity contribution in [2.75, 3.05) is 0 Å². The fraction of sp³-hybridized carbons (Fsp3) is 0.312. The zero-order chi connectivity index (χ0) is 16.1. The van der Waals surface area contributed by atoms with Crippen LogP contribution in [0.1, 0.15) is 42.5 Å². The Bertz CT molecular complexity index is 831. The van der Waals surface area contributed by atoms with Gasteiger partial charge in [-0.15, -0.1) is 0 Å². The minimum Gasteiger partial charge on any atom is -0.483 e. The van der Waals surface area contributed by atoms with Crippen LogP contribution in [0.4, 0.5) is 0 Å². The van der Waals surface area contributed by atoms with Crippen molar-refractivity contribution >= 4 is 5.97 Å². The Morgan fingerprint density at radius 3 is 2.73 bits per heavy atom. The Labute approximate surface area is 127 Å². The maximum atomic E-state index is 12.5. The maximum Gasteiger partial charge on any atom is 0.342 e. The van der Waals surface area contributed by atoms with Gasteiger partial charge in [-0.2, -0.15) is 0 Å². The number of hydrogen-bond donors (Lipinski definition) is 1. The van der Waals surface area contributed by atoms with Gasteiger partial charge in [0.2, 0.25) is 0 Å². The number of rotatable bonds is 1. The molecule has 6 nitrogen and oxygen atoms in total. The van der Waals surface area contributed by atoms with Crippen molar-refractivity contribution in [1.29, 1.82) is 0 Å². The second kappa shape index (κ2) is 4.69. The van der Waals surface area contributed by atoms with Crippen LogP contribution in [0.25, 0.3) is 5.69 Å². The smallest absolute Gasteiger partial charge is 0.342 e. The molecule has 0 spiro atoms. The van der Waals surface area contributed by atoms with E-state index in [4.69, 9.17) is 9.84 Å². The monoisotopic (exact) mass is 300 g/mol. The molecule has 22 heavy (non-hydrogen) atoms. The molecule has 1 N–H and O–H groups in total. The third kappa shape index (κ3) is 2.16.